The van der Waals surface area contributed by atoms with Gasteiger partial charge in [-0.15, -0.1) is 0 Å². The molecule has 2 rings (SSSR count). The smallest absolute Gasteiger partial charge is 0.194 e. The second kappa shape index (κ2) is 4.82. The van der Waals surface area contributed by atoms with E-state index in [1.165, 1.54) is 0 Å². The van der Waals surface area contributed by atoms with Gasteiger partial charge in [-0.05, 0) is 35.7 Å². The van der Waals surface area contributed by atoms with Crippen molar-refractivity contribution in [1.29, 1.82) is 0 Å². The zero-order chi connectivity index (χ0) is 13.3. The van der Waals surface area contributed by atoms with Crippen LogP contribution in [0.15, 0.2) is 36.4 Å². The SMILES string of the molecule is CC(N)c1ccccc1-c1cc(F)c(F)c(F)c1. The largest absolute Gasteiger partial charge is 0.324 e. The highest BCUT2D eigenvalue weighted by Gasteiger charge is 2.14. The lowest BCUT2D eigenvalue weighted by Crippen LogP contribution is -2.06. The van der Waals surface area contributed by atoms with Crippen LogP contribution in [0.2, 0.25) is 0 Å². The Hall–Kier alpha value is -1.81. The van der Waals surface area contributed by atoms with Crippen LogP contribution in [0.25, 0.3) is 11.1 Å². The van der Waals surface area contributed by atoms with Crippen LogP contribution in [0.5, 0.6) is 0 Å². The molecular formula is C14H12F3N. The maximum absolute atomic E-state index is 13.2. The Morgan fingerprint density at radius 3 is 2.11 bits per heavy atom. The third-order valence-electron chi connectivity index (χ3n) is 2.75. The third kappa shape index (κ3) is 2.24. The summed E-state index contributed by atoms with van der Waals surface area (Å²) in [5.74, 6) is -3.87. The van der Waals surface area contributed by atoms with E-state index in [-0.39, 0.29) is 11.6 Å². The minimum absolute atomic E-state index is 0.277. The summed E-state index contributed by atoms with van der Waals surface area (Å²) in [6.45, 7) is 1.77. The van der Waals surface area contributed by atoms with Gasteiger partial charge in [0.15, 0.2) is 17.5 Å². The summed E-state index contributed by atoms with van der Waals surface area (Å²) < 4.78 is 39.3. The molecule has 4 heteroatoms. The summed E-state index contributed by atoms with van der Waals surface area (Å²) in [7, 11) is 0. The molecule has 18 heavy (non-hydrogen) atoms. The van der Waals surface area contributed by atoms with Crippen molar-refractivity contribution in [2.24, 2.45) is 5.73 Å². The van der Waals surface area contributed by atoms with Gasteiger partial charge >= 0.3 is 0 Å². The first kappa shape index (κ1) is 12.6. The Bertz CT molecular complexity index is 556. The molecule has 1 nitrogen and oxygen atoms in total. The van der Waals surface area contributed by atoms with E-state index in [4.69, 9.17) is 5.73 Å². The van der Waals surface area contributed by atoms with Crippen molar-refractivity contribution in [3.05, 3.63) is 59.4 Å². The van der Waals surface area contributed by atoms with Crippen LogP contribution >= 0.6 is 0 Å². The normalized spacial score (nSPS) is 12.5. The van der Waals surface area contributed by atoms with Crippen molar-refractivity contribution in [2.45, 2.75) is 13.0 Å². The molecule has 1 unspecified atom stereocenters. The quantitative estimate of drug-likeness (QED) is 0.807. The first-order valence-corrected chi connectivity index (χ1v) is 5.50. The molecule has 0 fully saturated rings. The Morgan fingerprint density at radius 2 is 1.56 bits per heavy atom. The number of benzene rings is 2. The summed E-state index contributed by atoms with van der Waals surface area (Å²) in [6.07, 6.45) is 0. The lowest BCUT2D eigenvalue weighted by molar-refractivity contribution is 0.447. The van der Waals surface area contributed by atoms with Crippen LogP contribution in [-0.2, 0) is 0 Å². The van der Waals surface area contributed by atoms with Gasteiger partial charge in [-0.2, -0.15) is 0 Å². The van der Waals surface area contributed by atoms with Crippen LogP contribution in [0, 0.1) is 17.5 Å². The van der Waals surface area contributed by atoms with Crippen molar-refractivity contribution in [3.8, 4) is 11.1 Å². The number of hydrogen-bond donors (Lipinski definition) is 1. The summed E-state index contributed by atoms with van der Waals surface area (Å²) in [5, 5.41) is 0. The van der Waals surface area contributed by atoms with E-state index in [1.807, 2.05) is 0 Å². The standard InChI is InChI=1S/C14H12F3N/c1-8(18)10-4-2-3-5-11(10)9-6-12(15)14(17)13(16)7-9/h2-8H,18H2,1H3. The average molecular weight is 251 g/mol. The zero-order valence-corrected chi connectivity index (χ0v) is 9.75. The Labute approximate surface area is 103 Å². The second-order valence-corrected chi connectivity index (χ2v) is 4.13. The first-order chi connectivity index (χ1) is 8.50. The molecule has 0 bridgehead atoms. The van der Waals surface area contributed by atoms with E-state index >= 15 is 0 Å². The molecule has 0 aliphatic carbocycles. The van der Waals surface area contributed by atoms with Crippen LogP contribution in [0.1, 0.15) is 18.5 Å². The molecule has 0 spiro atoms. The second-order valence-electron chi connectivity index (χ2n) is 4.13. The van der Waals surface area contributed by atoms with E-state index in [0.29, 0.717) is 5.56 Å². The third-order valence-corrected chi connectivity index (χ3v) is 2.75. The molecule has 0 aliphatic heterocycles. The fourth-order valence-corrected chi connectivity index (χ4v) is 1.87. The molecule has 1 atom stereocenters. The van der Waals surface area contributed by atoms with Crippen molar-refractivity contribution < 1.29 is 13.2 Å². The number of hydrogen-bond acceptors (Lipinski definition) is 1. The monoisotopic (exact) mass is 251 g/mol. The van der Waals surface area contributed by atoms with Crippen molar-refractivity contribution in [3.63, 3.8) is 0 Å². The summed E-state index contributed by atoms with van der Waals surface area (Å²) in [5.41, 5.74) is 7.43. The summed E-state index contributed by atoms with van der Waals surface area (Å²) in [4.78, 5) is 0. The zero-order valence-electron chi connectivity index (χ0n) is 9.75. The molecule has 2 aromatic carbocycles. The molecular weight excluding hydrogens is 239 g/mol. The van der Waals surface area contributed by atoms with Crippen molar-refractivity contribution in [2.75, 3.05) is 0 Å². The molecule has 94 valence electrons. The molecule has 0 saturated heterocycles. The van der Waals surface area contributed by atoms with Gasteiger partial charge in [0.05, 0.1) is 0 Å². The van der Waals surface area contributed by atoms with Gasteiger partial charge in [0.1, 0.15) is 0 Å². The van der Waals surface area contributed by atoms with Crippen molar-refractivity contribution in [1.82, 2.24) is 0 Å². The molecule has 0 aromatic heterocycles. The van der Waals surface area contributed by atoms with Gasteiger partial charge in [-0.1, -0.05) is 24.3 Å². The highest BCUT2D eigenvalue weighted by atomic mass is 19.2. The molecule has 0 saturated carbocycles. The van der Waals surface area contributed by atoms with E-state index < -0.39 is 17.5 Å². The number of halogens is 3. The fraction of sp³-hybridized carbons (Fsp3) is 0.143. The van der Waals surface area contributed by atoms with Crippen LogP contribution in [0.4, 0.5) is 13.2 Å². The highest BCUT2D eigenvalue weighted by molar-refractivity contribution is 5.68. The number of rotatable bonds is 2. The van der Waals surface area contributed by atoms with E-state index in [1.54, 1.807) is 31.2 Å². The lowest BCUT2D eigenvalue weighted by atomic mass is 9.96. The van der Waals surface area contributed by atoms with Gasteiger partial charge in [0, 0.05) is 6.04 Å². The van der Waals surface area contributed by atoms with Gasteiger partial charge < -0.3 is 5.73 Å². The van der Waals surface area contributed by atoms with Crippen LogP contribution < -0.4 is 5.73 Å². The Morgan fingerprint density at radius 1 is 1.00 bits per heavy atom. The van der Waals surface area contributed by atoms with Gasteiger partial charge in [-0.25, -0.2) is 13.2 Å². The van der Waals surface area contributed by atoms with Crippen LogP contribution in [0.3, 0.4) is 0 Å². The van der Waals surface area contributed by atoms with Gasteiger partial charge in [0.2, 0.25) is 0 Å². The predicted octanol–water partition coefficient (Wildman–Crippen LogP) is 3.79. The molecule has 2 aromatic rings. The Balaban J connectivity index is 2.62. The molecule has 2 N–H and O–H groups in total. The fourth-order valence-electron chi connectivity index (χ4n) is 1.87. The summed E-state index contributed by atoms with van der Waals surface area (Å²) >= 11 is 0. The molecule has 0 aliphatic rings. The Kier molecular flexibility index (Phi) is 3.39. The molecule has 0 heterocycles. The lowest BCUT2D eigenvalue weighted by Gasteiger charge is -2.13. The average Bonchev–Trinajstić information content (AvgIpc) is 2.35. The van der Waals surface area contributed by atoms with E-state index in [0.717, 1.165) is 17.7 Å². The minimum Gasteiger partial charge on any atom is -0.324 e. The molecule has 0 radical (unpaired) electrons. The van der Waals surface area contributed by atoms with Crippen molar-refractivity contribution >= 4 is 0 Å². The first-order valence-electron chi connectivity index (χ1n) is 5.50. The van der Waals surface area contributed by atoms with Gasteiger partial charge in [-0.3, -0.25) is 0 Å². The topological polar surface area (TPSA) is 26.0 Å². The maximum Gasteiger partial charge on any atom is 0.194 e. The summed E-state index contributed by atoms with van der Waals surface area (Å²) in [6, 6.07) is 8.67. The van der Waals surface area contributed by atoms with Gasteiger partial charge in [0.25, 0.3) is 0 Å². The molecule has 0 amide bonds. The highest BCUT2D eigenvalue weighted by Crippen LogP contribution is 2.29. The number of nitrogens with two attached hydrogens (primary N) is 1. The predicted molar refractivity (Wildman–Crippen MR) is 64.4 cm³/mol. The van der Waals surface area contributed by atoms with Crippen LogP contribution in [-0.4, -0.2) is 0 Å². The maximum atomic E-state index is 13.2. The minimum atomic E-state index is -1.46. The van der Waals surface area contributed by atoms with E-state index in [9.17, 15) is 13.2 Å². The van der Waals surface area contributed by atoms with E-state index in [2.05, 4.69) is 0 Å².